The standard InChI is InChI=1S/C12H15N3O2S2/c1-18-12-5-3-4-11(10(12)6-13)15-8-9(7-14-15)19(2,16)17/h3-5,7-8H,6,13H2,1-2H3. The zero-order valence-electron chi connectivity index (χ0n) is 10.7. The van der Waals surface area contributed by atoms with E-state index in [1.165, 1.54) is 12.4 Å². The van der Waals surface area contributed by atoms with Crippen molar-refractivity contribution < 1.29 is 8.42 Å². The number of benzene rings is 1. The van der Waals surface area contributed by atoms with Gasteiger partial charge in [-0.2, -0.15) is 5.10 Å². The van der Waals surface area contributed by atoms with Crippen LogP contribution in [0.4, 0.5) is 0 Å². The smallest absolute Gasteiger partial charge is 0.178 e. The molecule has 1 heterocycles. The molecule has 1 aromatic carbocycles. The molecule has 0 aliphatic heterocycles. The van der Waals surface area contributed by atoms with Crippen molar-refractivity contribution >= 4 is 21.6 Å². The molecule has 0 aliphatic rings. The molecule has 0 atom stereocenters. The Bertz CT molecular complexity index is 693. The number of nitrogens with two attached hydrogens (primary N) is 1. The average molecular weight is 297 g/mol. The molecule has 2 rings (SSSR count). The molecule has 0 saturated heterocycles. The molecule has 0 spiro atoms. The minimum absolute atomic E-state index is 0.199. The maximum absolute atomic E-state index is 11.5. The summed E-state index contributed by atoms with van der Waals surface area (Å²) in [7, 11) is -3.25. The van der Waals surface area contributed by atoms with E-state index >= 15 is 0 Å². The Labute approximate surface area is 116 Å². The maximum atomic E-state index is 11.5. The van der Waals surface area contributed by atoms with Crippen LogP contribution in [0.15, 0.2) is 40.4 Å². The fourth-order valence-electron chi connectivity index (χ4n) is 1.79. The topological polar surface area (TPSA) is 78.0 Å². The second kappa shape index (κ2) is 5.36. The second-order valence-electron chi connectivity index (χ2n) is 4.05. The molecule has 0 radical (unpaired) electrons. The Balaban J connectivity index is 2.56. The molecule has 0 aliphatic carbocycles. The molecule has 5 nitrogen and oxygen atoms in total. The molecule has 1 aromatic heterocycles. The molecule has 0 amide bonds. The Morgan fingerprint density at radius 3 is 2.68 bits per heavy atom. The summed E-state index contributed by atoms with van der Waals surface area (Å²) in [5.41, 5.74) is 7.55. The van der Waals surface area contributed by atoms with Gasteiger partial charge in [-0.1, -0.05) is 6.07 Å². The Hall–Kier alpha value is -1.31. The summed E-state index contributed by atoms with van der Waals surface area (Å²) in [6.45, 7) is 0.375. The summed E-state index contributed by atoms with van der Waals surface area (Å²) < 4.78 is 24.5. The molecule has 0 bridgehead atoms. The molecule has 0 unspecified atom stereocenters. The van der Waals surface area contributed by atoms with Crippen molar-refractivity contribution in [2.75, 3.05) is 12.5 Å². The van der Waals surface area contributed by atoms with Gasteiger partial charge in [0, 0.05) is 29.5 Å². The van der Waals surface area contributed by atoms with Crippen molar-refractivity contribution in [2.24, 2.45) is 5.73 Å². The fraction of sp³-hybridized carbons (Fsp3) is 0.250. The summed E-state index contributed by atoms with van der Waals surface area (Å²) in [6.07, 6.45) is 6.00. The third-order valence-electron chi connectivity index (χ3n) is 2.77. The van der Waals surface area contributed by atoms with Crippen LogP contribution in [0.1, 0.15) is 5.56 Å². The first-order valence-electron chi connectivity index (χ1n) is 5.58. The molecule has 102 valence electrons. The summed E-state index contributed by atoms with van der Waals surface area (Å²) >= 11 is 1.60. The van der Waals surface area contributed by atoms with Gasteiger partial charge in [0.15, 0.2) is 9.84 Å². The van der Waals surface area contributed by atoms with Crippen LogP contribution < -0.4 is 5.73 Å². The molecule has 0 fully saturated rings. The lowest BCUT2D eigenvalue weighted by Crippen LogP contribution is -2.06. The summed E-state index contributed by atoms with van der Waals surface area (Å²) in [4.78, 5) is 1.27. The Kier molecular flexibility index (Phi) is 3.98. The average Bonchev–Trinajstić information content (AvgIpc) is 2.86. The van der Waals surface area contributed by atoms with E-state index in [9.17, 15) is 8.42 Å². The van der Waals surface area contributed by atoms with Crippen molar-refractivity contribution in [3.63, 3.8) is 0 Å². The van der Waals surface area contributed by atoms with Crippen molar-refractivity contribution in [2.45, 2.75) is 16.3 Å². The Morgan fingerprint density at radius 1 is 1.42 bits per heavy atom. The molecule has 7 heteroatoms. The monoisotopic (exact) mass is 297 g/mol. The van der Waals surface area contributed by atoms with E-state index < -0.39 is 9.84 Å². The van der Waals surface area contributed by atoms with E-state index in [1.54, 1.807) is 16.4 Å². The number of rotatable bonds is 4. The van der Waals surface area contributed by atoms with Gasteiger partial charge < -0.3 is 5.73 Å². The van der Waals surface area contributed by atoms with Crippen LogP contribution in [0.2, 0.25) is 0 Å². The third kappa shape index (κ3) is 2.83. The van der Waals surface area contributed by atoms with Gasteiger partial charge in [0.2, 0.25) is 0 Å². The first-order chi connectivity index (χ1) is 8.97. The zero-order chi connectivity index (χ0) is 14.0. The number of nitrogens with zero attached hydrogens (tertiary/aromatic N) is 2. The van der Waals surface area contributed by atoms with Crippen molar-refractivity contribution in [1.29, 1.82) is 0 Å². The predicted molar refractivity (Wildman–Crippen MR) is 76.3 cm³/mol. The van der Waals surface area contributed by atoms with E-state index in [2.05, 4.69) is 5.10 Å². The minimum Gasteiger partial charge on any atom is -0.326 e. The normalized spacial score (nSPS) is 11.7. The lowest BCUT2D eigenvalue weighted by atomic mass is 10.2. The van der Waals surface area contributed by atoms with Gasteiger partial charge in [-0.15, -0.1) is 11.8 Å². The number of aromatic nitrogens is 2. The van der Waals surface area contributed by atoms with E-state index in [4.69, 9.17) is 5.73 Å². The fourth-order valence-corrected chi connectivity index (χ4v) is 2.97. The highest BCUT2D eigenvalue weighted by Gasteiger charge is 2.13. The first-order valence-corrected chi connectivity index (χ1v) is 8.70. The molecule has 2 aromatic rings. The highest BCUT2D eigenvalue weighted by Crippen LogP contribution is 2.26. The lowest BCUT2D eigenvalue weighted by Gasteiger charge is -2.11. The number of hydrogen-bond donors (Lipinski definition) is 1. The van der Waals surface area contributed by atoms with Gasteiger partial charge in [-0.3, -0.25) is 0 Å². The van der Waals surface area contributed by atoms with Crippen LogP contribution in [0, 0.1) is 0 Å². The van der Waals surface area contributed by atoms with Gasteiger partial charge in [-0.25, -0.2) is 13.1 Å². The van der Waals surface area contributed by atoms with Crippen LogP contribution in [-0.4, -0.2) is 30.7 Å². The molecule has 19 heavy (non-hydrogen) atoms. The van der Waals surface area contributed by atoms with E-state index in [1.807, 2.05) is 24.5 Å². The van der Waals surface area contributed by atoms with Gasteiger partial charge in [0.25, 0.3) is 0 Å². The van der Waals surface area contributed by atoms with Gasteiger partial charge in [-0.05, 0) is 18.4 Å². The van der Waals surface area contributed by atoms with Crippen LogP contribution in [0.5, 0.6) is 0 Å². The molecular weight excluding hydrogens is 282 g/mol. The van der Waals surface area contributed by atoms with Gasteiger partial charge >= 0.3 is 0 Å². The van der Waals surface area contributed by atoms with Crippen LogP contribution in [-0.2, 0) is 16.4 Å². The molecule has 2 N–H and O–H groups in total. The van der Waals surface area contributed by atoms with Gasteiger partial charge in [0.1, 0.15) is 4.90 Å². The lowest BCUT2D eigenvalue weighted by molar-refractivity contribution is 0.602. The predicted octanol–water partition coefficient (Wildman–Crippen LogP) is 1.46. The van der Waals surface area contributed by atoms with Crippen molar-refractivity contribution in [3.05, 3.63) is 36.2 Å². The first kappa shape index (κ1) is 14.1. The SMILES string of the molecule is CSc1cccc(-n2cc(S(C)(=O)=O)cn2)c1CN. The van der Waals surface area contributed by atoms with E-state index in [-0.39, 0.29) is 4.90 Å². The maximum Gasteiger partial charge on any atom is 0.178 e. The summed E-state index contributed by atoms with van der Waals surface area (Å²) in [5, 5.41) is 4.11. The van der Waals surface area contributed by atoms with Gasteiger partial charge in [0.05, 0.1) is 11.9 Å². The second-order valence-corrected chi connectivity index (χ2v) is 6.92. The van der Waals surface area contributed by atoms with Crippen LogP contribution in [0.25, 0.3) is 5.69 Å². The molecular formula is C12H15N3O2S2. The highest BCUT2D eigenvalue weighted by molar-refractivity contribution is 7.98. The van der Waals surface area contributed by atoms with E-state index in [0.717, 1.165) is 22.4 Å². The third-order valence-corrected chi connectivity index (χ3v) is 4.66. The number of hydrogen-bond acceptors (Lipinski definition) is 5. The zero-order valence-corrected chi connectivity index (χ0v) is 12.3. The van der Waals surface area contributed by atoms with Crippen LogP contribution >= 0.6 is 11.8 Å². The van der Waals surface area contributed by atoms with Crippen molar-refractivity contribution in [3.8, 4) is 5.69 Å². The van der Waals surface area contributed by atoms with Crippen LogP contribution in [0.3, 0.4) is 0 Å². The Morgan fingerprint density at radius 2 is 2.16 bits per heavy atom. The number of thioether (sulfide) groups is 1. The number of sulfone groups is 1. The summed E-state index contributed by atoms with van der Waals surface area (Å²) in [6, 6.07) is 5.76. The quantitative estimate of drug-likeness (QED) is 0.864. The highest BCUT2D eigenvalue weighted by atomic mass is 32.2. The largest absolute Gasteiger partial charge is 0.326 e. The van der Waals surface area contributed by atoms with E-state index in [0.29, 0.717) is 6.54 Å². The summed E-state index contributed by atoms with van der Waals surface area (Å²) in [5.74, 6) is 0. The minimum atomic E-state index is -3.25. The molecule has 0 saturated carbocycles. The van der Waals surface area contributed by atoms with Crippen molar-refractivity contribution in [1.82, 2.24) is 9.78 Å².